The van der Waals surface area contributed by atoms with Crippen LogP contribution in [0.3, 0.4) is 0 Å². The van der Waals surface area contributed by atoms with Gasteiger partial charge in [0.15, 0.2) is 5.96 Å². The molecule has 2 rings (SSSR count). The van der Waals surface area contributed by atoms with Crippen molar-refractivity contribution < 1.29 is 14.6 Å². The van der Waals surface area contributed by atoms with Crippen molar-refractivity contribution in [2.24, 2.45) is 12.0 Å². The predicted molar refractivity (Wildman–Crippen MR) is 113 cm³/mol. The van der Waals surface area contributed by atoms with E-state index < -0.39 is 6.10 Å². The highest BCUT2D eigenvalue weighted by molar-refractivity contribution is 6.41. The number of hydrogen-bond acceptors (Lipinski definition) is 4. The molecule has 1 heterocycles. The van der Waals surface area contributed by atoms with E-state index >= 15 is 0 Å². The van der Waals surface area contributed by atoms with E-state index in [9.17, 15) is 5.11 Å². The van der Waals surface area contributed by atoms with Crippen LogP contribution in [-0.2, 0) is 13.6 Å². The third kappa shape index (κ3) is 5.70. The average Bonchev–Trinajstić information content (AvgIpc) is 2.95. The lowest BCUT2D eigenvalue weighted by atomic mass is 10.1. The molecular weight excluding hydrogens is 403 g/mol. The van der Waals surface area contributed by atoms with Crippen molar-refractivity contribution in [2.45, 2.75) is 19.6 Å². The van der Waals surface area contributed by atoms with Crippen molar-refractivity contribution in [1.29, 1.82) is 0 Å². The van der Waals surface area contributed by atoms with Gasteiger partial charge in [-0.3, -0.25) is 0 Å². The lowest BCUT2D eigenvalue weighted by molar-refractivity contribution is 0.180. The Balaban J connectivity index is 2.06. The maximum absolute atomic E-state index is 10.6. The molecule has 0 amide bonds. The molecule has 28 heavy (non-hydrogen) atoms. The third-order valence-electron chi connectivity index (χ3n) is 4.18. The number of hydrogen-bond donors (Lipinski definition) is 3. The third-order valence-corrected chi connectivity index (χ3v) is 5.02. The monoisotopic (exact) mass is 428 g/mol. The number of guanidine groups is 1. The van der Waals surface area contributed by atoms with Gasteiger partial charge in [-0.05, 0) is 30.7 Å². The van der Waals surface area contributed by atoms with Gasteiger partial charge in [0.05, 0.1) is 31.9 Å². The van der Waals surface area contributed by atoms with Crippen LogP contribution in [0, 0.1) is 0 Å². The molecule has 1 aromatic heterocycles. The van der Waals surface area contributed by atoms with Crippen molar-refractivity contribution in [3.63, 3.8) is 0 Å². The number of aliphatic hydroxyl groups excluding tert-OH is 1. The number of rotatable bonds is 8. The SMILES string of the molecule is CCNC(=NCc1cc(Cl)c(Cl)n1C)NCC(O)c1cc(OC)cc(OC)c1. The molecular formula is C19H26Cl2N4O3. The maximum Gasteiger partial charge on any atom is 0.191 e. The summed E-state index contributed by atoms with van der Waals surface area (Å²) in [4.78, 5) is 4.53. The number of halogens is 2. The first-order chi connectivity index (χ1) is 13.4. The first-order valence-corrected chi connectivity index (χ1v) is 9.58. The summed E-state index contributed by atoms with van der Waals surface area (Å²) in [5.41, 5.74) is 1.56. The van der Waals surface area contributed by atoms with Crippen LogP contribution in [0.25, 0.3) is 0 Å². The molecule has 0 saturated heterocycles. The fourth-order valence-corrected chi connectivity index (χ4v) is 2.99. The summed E-state index contributed by atoms with van der Waals surface area (Å²) in [5, 5.41) is 17.8. The second kappa shape index (κ2) is 10.5. The van der Waals surface area contributed by atoms with E-state index in [1.165, 1.54) is 0 Å². The zero-order valence-corrected chi connectivity index (χ0v) is 17.9. The molecule has 0 aliphatic heterocycles. The Morgan fingerprint density at radius 2 is 1.79 bits per heavy atom. The number of aromatic nitrogens is 1. The second-order valence-corrected chi connectivity index (χ2v) is 6.84. The predicted octanol–water partition coefficient (Wildman–Crippen LogP) is 3.14. The summed E-state index contributed by atoms with van der Waals surface area (Å²) in [7, 11) is 4.97. The fraction of sp³-hybridized carbons (Fsp3) is 0.421. The Hall–Kier alpha value is -2.09. The van der Waals surface area contributed by atoms with Crippen molar-refractivity contribution in [1.82, 2.24) is 15.2 Å². The Morgan fingerprint density at radius 3 is 2.29 bits per heavy atom. The van der Waals surface area contributed by atoms with Crippen LogP contribution in [0.15, 0.2) is 29.3 Å². The van der Waals surface area contributed by atoms with Crippen LogP contribution < -0.4 is 20.1 Å². The smallest absolute Gasteiger partial charge is 0.191 e. The molecule has 154 valence electrons. The van der Waals surface area contributed by atoms with Gasteiger partial charge in [-0.25, -0.2) is 4.99 Å². The highest BCUT2D eigenvalue weighted by Gasteiger charge is 2.13. The van der Waals surface area contributed by atoms with E-state index in [2.05, 4.69) is 15.6 Å². The van der Waals surface area contributed by atoms with Crippen molar-refractivity contribution in [2.75, 3.05) is 27.3 Å². The minimum absolute atomic E-state index is 0.261. The minimum Gasteiger partial charge on any atom is -0.497 e. The van der Waals surface area contributed by atoms with Crippen molar-refractivity contribution >= 4 is 29.2 Å². The molecule has 1 aromatic carbocycles. The lowest BCUT2D eigenvalue weighted by Gasteiger charge is -2.17. The number of aliphatic imine (C=N–C) groups is 1. The van der Waals surface area contributed by atoms with Crippen LogP contribution in [0.5, 0.6) is 11.5 Å². The Labute approximate surface area is 175 Å². The number of nitrogens with one attached hydrogen (secondary N) is 2. The van der Waals surface area contributed by atoms with Crippen LogP contribution in [-0.4, -0.2) is 42.9 Å². The molecule has 1 atom stereocenters. The van der Waals surface area contributed by atoms with Gasteiger partial charge < -0.3 is 29.8 Å². The molecule has 0 radical (unpaired) electrons. The van der Waals surface area contributed by atoms with Gasteiger partial charge in [0.25, 0.3) is 0 Å². The van der Waals surface area contributed by atoms with Crippen LogP contribution in [0.4, 0.5) is 0 Å². The van der Waals surface area contributed by atoms with E-state index in [1.54, 1.807) is 43.1 Å². The largest absolute Gasteiger partial charge is 0.497 e. The standard InChI is InChI=1S/C19H26Cl2N4O3/c1-5-22-19(23-10-13-8-16(20)18(21)25(13)2)24-11-17(26)12-6-14(27-3)9-15(7-12)28-4/h6-9,17,26H,5,10-11H2,1-4H3,(H2,22,23,24). The van der Waals surface area contributed by atoms with E-state index in [-0.39, 0.29) is 6.54 Å². The van der Waals surface area contributed by atoms with E-state index in [4.69, 9.17) is 32.7 Å². The van der Waals surface area contributed by atoms with Crippen molar-refractivity contribution in [3.8, 4) is 11.5 Å². The number of benzene rings is 1. The normalized spacial score (nSPS) is 12.6. The summed E-state index contributed by atoms with van der Waals surface area (Å²) in [6.45, 7) is 3.30. The lowest BCUT2D eigenvalue weighted by Crippen LogP contribution is -2.39. The molecule has 2 aromatic rings. The number of methoxy groups -OCH3 is 2. The molecule has 0 aliphatic rings. The second-order valence-electron chi connectivity index (χ2n) is 6.07. The number of aliphatic hydroxyl groups is 1. The summed E-state index contributed by atoms with van der Waals surface area (Å²) < 4.78 is 12.3. The van der Waals surface area contributed by atoms with Gasteiger partial charge in [-0.1, -0.05) is 23.2 Å². The summed E-state index contributed by atoms with van der Waals surface area (Å²) in [5.74, 6) is 1.81. The van der Waals surface area contributed by atoms with Gasteiger partial charge in [0, 0.05) is 31.9 Å². The summed E-state index contributed by atoms with van der Waals surface area (Å²) in [6.07, 6.45) is -0.771. The molecule has 0 aliphatic carbocycles. The van der Waals surface area contributed by atoms with E-state index in [0.717, 1.165) is 5.69 Å². The van der Waals surface area contributed by atoms with Gasteiger partial charge in [-0.15, -0.1) is 0 Å². The van der Waals surface area contributed by atoms with Gasteiger partial charge in [-0.2, -0.15) is 0 Å². The van der Waals surface area contributed by atoms with Crippen LogP contribution in [0.1, 0.15) is 24.3 Å². The van der Waals surface area contributed by atoms with Gasteiger partial charge >= 0.3 is 0 Å². The average molecular weight is 429 g/mol. The molecule has 0 fully saturated rings. The van der Waals surface area contributed by atoms with E-state index in [0.29, 0.717) is 46.3 Å². The zero-order chi connectivity index (χ0) is 20.7. The quantitative estimate of drug-likeness (QED) is 0.444. The Bertz CT molecular complexity index is 802. The Morgan fingerprint density at radius 1 is 1.14 bits per heavy atom. The fourth-order valence-electron chi connectivity index (χ4n) is 2.58. The molecule has 0 spiro atoms. The Kier molecular flexibility index (Phi) is 8.29. The minimum atomic E-state index is -0.771. The molecule has 7 nitrogen and oxygen atoms in total. The van der Waals surface area contributed by atoms with Crippen LogP contribution >= 0.6 is 23.2 Å². The molecule has 3 N–H and O–H groups in total. The van der Waals surface area contributed by atoms with Gasteiger partial charge in [0.1, 0.15) is 16.7 Å². The van der Waals surface area contributed by atoms with Gasteiger partial charge in [0.2, 0.25) is 0 Å². The topological polar surface area (TPSA) is 80.0 Å². The van der Waals surface area contributed by atoms with Crippen molar-refractivity contribution in [3.05, 3.63) is 45.7 Å². The first-order valence-electron chi connectivity index (χ1n) is 8.82. The highest BCUT2D eigenvalue weighted by atomic mass is 35.5. The number of ether oxygens (including phenoxy) is 2. The summed E-state index contributed by atoms with van der Waals surface area (Å²) in [6, 6.07) is 7.08. The maximum atomic E-state index is 10.6. The number of nitrogens with zero attached hydrogens (tertiary/aromatic N) is 2. The molecule has 0 saturated carbocycles. The molecule has 9 heteroatoms. The highest BCUT2D eigenvalue weighted by Crippen LogP contribution is 2.27. The van der Waals surface area contributed by atoms with Crippen LogP contribution in [0.2, 0.25) is 10.2 Å². The zero-order valence-electron chi connectivity index (χ0n) is 16.4. The van der Waals surface area contributed by atoms with E-state index in [1.807, 2.05) is 14.0 Å². The molecule has 1 unspecified atom stereocenters. The summed E-state index contributed by atoms with van der Waals surface area (Å²) >= 11 is 12.1. The first kappa shape index (κ1) is 22.2. The molecule has 0 bridgehead atoms.